The van der Waals surface area contributed by atoms with Gasteiger partial charge in [0.1, 0.15) is 0 Å². The number of nitrogens with zero attached hydrogens (tertiary/aromatic N) is 1. The number of pyridine rings is 1. The second-order valence-electron chi connectivity index (χ2n) is 4.32. The maximum atomic E-state index is 11.8. The monoisotopic (exact) mass is 300 g/mol. The number of rotatable bonds is 3. The van der Waals surface area contributed by atoms with Crippen molar-refractivity contribution in [3.63, 3.8) is 0 Å². The highest BCUT2D eigenvalue weighted by Crippen LogP contribution is 2.10. The molecule has 1 amide bonds. The predicted octanol–water partition coefficient (Wildman–Crippen LogP) is 2.28. The third kappa shape index (κ3) is 4.54. The Morgan fingerprint density at radius 3 is 2.67 bits per heavy atom. The van der Waals surface area contributed by atoms with E-state index in [4.69, 9.17) is 12.2 Å². The van der Waals surface area contributed by atoms with E-state index in [2.05, 4.69) is 28.1 Å². The fourth-order valence-corrected chi connectivity index (χ4v) is 1.89. The summed E-state index contributed by atoms with van der Waals surface area (Å²) in [5.41, 5.74) is 7.79. The lowest BCUT2D eigenvalue weighted by Gasteiger charge is -2.12. The highest BCUT2D eigenvalue weighted by molar-refractivity contribution is 7.80. The molecule has 0 atom stereocenters. The molecule has 21 heavy (non-hydrogen) atoms. The van der Waals surface area contributed by atoms with Crippen molar-refractivity contribution in [3.8, 4) is 0 Å². The van der Waals surface area contributed by atoms with E-state index in [1.807, 2.05) is 24.3 Å². The number of benzene rings is 1. The predicted molar refractivity (Wildman–Crippen MR) is 86.9 cm³/mol. The van der Waals surface area contributed by atoms with Gasteiger partial charge < -0.3 is 5.32 Å². The van der Waals surface area contributed by atoms with Gasteiger partial charge in [-0.15, -0.1) is 0 Å². The lowest BCUT2D eigenvalue weighted by molar-refractivity contribution is 0.0944. The first-order chi connectivity index (χ1) is 10.2. The number of amides is 1. The highest BCUT2D eigenvalue weighted by atomic mass is 32.1. The summed E-state index contributed by atoms with van der Waals surface area (Å²) in [6.45, 7) is 2.09. The Morgan fingerprint density at radius 2 is 1.95 bits per heavy atom. The summed E-state index contributed by atoms with van der Waals surface area (Å²) in [7, 11) is 0. The topological polar surface area (TPSA) is 66.0 Å². The van der Waals surface area contributed by atoms with Gasteiger partial charge >= 0.3 is 0 Å². The van der Waals surface area contributed by atoms with E-state index in [-0.39, 0.29) is 5.91 Å². The first-order valence-corrected chi connectivity index (χ1v) is 6.96. The Morgan fingerprint density at radius 1 is 1.19 bits per heavy atom. The van der Waals surface area contributed by atoms with Crippen LogP contribution in [0.1, 0.15) is 22.8 Å². The normalized spacial score (nSPS) is 9.76. The number of hydrogen-bond donors (Lipinski definition) is 3. The number of thiocarbonyl (C=S) groups is 1. The van der Waals surface area contributed by atoms with Crippen LogP contribution in [0.25, 0.3) is 0 Å². The van der Waals surface area contributed by atoms with E-state index in [0.717, 1.165) is 12.1 Å². The van der Waals surface area contributed by atoms with Gasteiger partial charge in [-0.05, 0) is 48.5 Å². The van der Waals surface area contributed by atoms with Crippen LogP contribution in [0.3, 0.4) is 0 Å². The molecule has 0 unspecified atom stereocenters. The van der Waals surface area contributed by atoms with Crippen LogP contribution in [0, 0.1) is 0 Å². The molecule has 0 aliphatic heterocycles. The zero-order chi connectivity index (χ0) is 15.1. The molecule has 5 nitrogen and oxygen atoms in total. The quantitative estimate of drug-likeness (QED) is 0.599. The molecule has 1 aromatic heterocycles. The average Bonchev–Trinajstić information content (AvgIpc) is 2.53. The van der Waals surface area contributed by atoms with E-state index < -0.39 is 0 Å². The summed E-state index contributed by atoms with van der Waals surface area (Å²) in [6.07, 6.45) is 4.07. The van der Waals surface area contributed by atoms with Gasteiger partial charge in [0.25, 0.3) is 5.91 Å². The molecule has 0 spiro atoms. The van der Waals surface area contributed by atoms with Crippen molar-refractivity contribution in [1.29, 1.82) is 0 Å². The van der Waals surface area contributed by atoms with Crippen LogP contribution in [-0.4, -0.2) is 16.0 Å². The second-order valence-corrected chi connectivity index (χ2v) is 4.73. The van der Waals surface area contributed by atoms with Gasteiger partial charge in [-0.2, -0.15) is 0 Å². The van der Waals surface area contributed by atoms with E-state index in [1.54, 1.807) is 24.5 Å². The lowest BCUT2D eigenvalue weighted by atomic mass is 10.1. The van der Waals surface area contributed by atoms with Gasteiger partial charge in [-0.25, -0.2) is 0 Å². The minimum Gasteiger partial charge on any atom is -0.331 e. The molecule has 108 valence electrons. The number of nitrogens with one attached hydrogen (secondary N) is 3. The van der Waals surface area contributed by atoms with Crippen LogP contribution in [0.2, 0.25) is 0 Å². The molecule has 0 radical (unpaired) electrons. The Labute approximate surface area is 128 Å². The second kappa shape index (κ2) is 7.35. The number of aryl methyl sites for hydroxylation is 1. The highest BCUT2D eigenvalue weighted by Gasteiger charge is 2.05. The number of anilines is 1. The van der Waals surface area contributed by atoms with Gasteiger partial charge in [0.05, 0.1) is 0 Å². The minimum atomic E-state index is -0.274. The standard InChI is InChI=1S/C15H16N4OS/c1-2-11-4-3-5-13(10-11)17-15(21)19-18-14(20)12-6-8-16-9-7-12/h3-10H,2H2,1H3,(H,18,20)(H2,17,19,21). The molecule has 0 fully saturated rings. The van der Waals surface area contributed by atoms with Crippen molar-refractivity contribution >= 4 is 28.9 Å². The van der Waals surface area contributed by atoms with Gasteiger partial charge in [0.2, 0.25) is 0 Å². The molecule has 3 N–H and O–H groups in total. The Balaban J connectivity index is 1.86. The molecule has 2 aromatic rings. The van der Waals surface area contributed by atoms with E-state index in [9.17, 15) is 4.79 Å². The molecule has 0 saturated heterocycles. The van der Waals surface area contributed by atoms with Crippen molar-refractivity contribution < 1.29 is 4.79 Å². The number of hydrogen-bond acceptors (Lipinski definition) is 3. The summed E-state index contributed by atoms with van der Waals surface area (Å²) >= 11 is 5.13. The maximum Gasteiger partial charge on any atom is 0.269 e. The molecular formula is C15H16N4OS. The average molecular weight is 300 g/mol. The van der Waals surface area contributed by atoms with Crippen LogP contribution in [0.5, 0.6) is 0 Å². The third-order valence-corrected chi connectivity index (χ3v) is 3.03. The molecule has 1 aromatic carbocycles. The van der Waals surface area contributed by atoms with Gasteiger partial charge in [-0.3, -0.25) is 20.6 Å². The lowest BCUT2D eigenvalue weighted by Crippen LogP contribution is -2.43. The van der Waals surface area contributed by atoms with Crippen molar-refractivity contribution in [1.82, 2.24) is 15.8 Å². The van der Waals surface area contributed by atoms with Gasteiger partial charge in [0, 0.05) is 23.6 Å². The molecule has 0 saturated carbocycles. The van der Waals surface area contributed by atoms with Gasteiger partial charge in [-0.1, -0.05) is 19.1 Å². The van der Waals surface area contributed by atoms with Crippen LogP contribution >= 0.6 is 12.2 Å². The molecular weight excluding hydrogens is 284 g/mol. The summed E-state index contributed by atoms with van der Waals surface area (Å²) in [5, 5.41) is 3.34. The van der Waals surface area contributed by atoms with Crippen LogP contribution in [0.15, 0.2) is 48.8 Å². The van der Waals surface area contributed by atoms with Crippen LogP contribution < -0.4 is 16.2 Å². The zero-order valence-electron chi connectivity index (χ0n) is 11.6. The minimum absolute atomic E-state index is 0.274. The van der Waals surface area contributed by atoms with Crippen molar-refractivity contribution in [3.05, 3.63) is 59.9 Å². The fourth-order valence-electron chi connectivity index (χ4n) is 1.72. The molecule has 0 bridgehead atoms. The largest absolute Gasteiger partial charge is 0.331 e. The maximum absolute atomic E-state index is 11.8. The summed E-state index contributed by atoms with van der Waals surface area (Å²) in [4.78, 5) is 15.7. The van der Waals surface area contributed by atoms with Crippen molar-refractivity contribution in [2.24, 2.45) is 0 Å². The molecule has 6 heteroatoms. The van der Waals surface area contributed by atoms with Crippen molar-refractivity contribution in [2.45, 2.75) is 13.3 Å². The summed E-state index contributed by atoms with van der Waals surface area (Å²) in [5.74, 6) is -0.274. The first-order valence-electron chi connectivity index (χ1n) is 6.55. The van der Waals surface area contributed by atoms with E-state index >= 15 is 0 Å². The van der Waals surface area contributed by atoms with Gasteiger partial charge in [0.15, 0.2) is 5.11 Å². The fraction of sp³-hybridized carbons (Fsp3) is 0.133. The van der Waals surface area contributed by atoms with Crippen LogP contribution in [-0.2, 0) is 6.42 Å². The Bertz CT molecular complexity index is 631. The van der Waals surface area contributed by atoms with E-state index in [1.165, 1.54) is 5.56 Å². The van der Waals surface area contributed by atoms with E-state index in [0.29, 0.717) is 10.7 Å². The smallest absolute Gasteiger partial charge is 0.269 e. The number of carbonyl (C=O) groups excluding carboxylic acids is 1. The number of hydrazine groups is 1. The molecule has 0 aliphatic rings. The Kier molecular flexibility index (Phi) is 5.22. The number of aromatic nitrogens is 1. The van der Waals surface area contributed by atoms with Crippen molar-refractivity contribution in [2.75, 3.05) is 5.32 Å². The molecule has 1 heterocycles. The zero-order valence-corrected chi connectivity index (χ0v) is 12.4. The summed E-state index contributed by atoms with van der Waals surface area (Å²) < 4.78 is 0. The Hall–Kier alpha value is -2.47. The SMILES string of the molecule is CCc1cccc(NC(=S)NNC(=O)c2ccncc2)c1. The van der Waals surface area contributed by atoms with Crippen LogP contribution in [0.4, 0.5) is 5.69 Å². The first kappa shape index (κ1) is 14.9. The third-order valence-electron chi connectivity index (χ3n) is 2.83. The molecule has 2 rings (SSSR count). The number of carbonyl (C=O) groups is 1. The molecule has 0 aliphatic carbocycles. The summed E-state index contributed by atoms with van der Waals surface area (Å²) in [6, 6.07) is 11.2.